The van der Waals surface area contributed by atoms with Crippen LogP contribution in [0.15, 0.2) is 18.3 Å². The summed E-state index contributed by atoms with van der Waals surface area (Å²) in [7, 11) is 0. The minimum absolute atomic E-state index is 0.682. The van der Waals surface area contributed by atoms with Crippen LogP contribution in [-0.2, 0) is 0 Å². The Morgan fingerprint density at radius 1 is 1.31 bits per heavy atom. The normalized spacial score (nSPS) is 12.4. The monoisotopic (exact) mass is 221 g/mol. The predicted molar refractivity (Wildman–Crippen MR) is 67.8 cm³/mol. The Kier molecular flexibility index (Phi) is 5.91. The minimum atomic E-state index is 0.682. The number of aromatic nitrogens is 1. The standard InChI is InChI=1S/C14H23NO/c1-4-6-7-13(5-2)11-16-14-9-8-12(3)15-10-14/h8-10,13H,4-7,11H2,1-3H3. The van der Waals surface area contributed by atoms with Crippen molar-refractivity contribution in [2.45, 2.75) is 46.5 Å². The van der Waals surface area contributed by atoms with Crippen molar-refractivity contribution in [3.63, 3.8) is 0 Å². The molecule has 0 N–H and O–H groups in total. The molecule has 1 heterocycles. The molecule has 0 bridgehead atoms. The Morgan fingerprint density at radius 3 is 2.69 bits per heavy atom. The van der Waals surface area contributed by atoms with Gasteiger partial charge in [-0.1, -0.05) is 33.1 Å². The van der Waals surface area contributed by atoms with Crippen LogP contribution in [0, 0.1) is 12.8 Å². The van der Waals surface area contributed by atoms with Gasteiger partial charge in [-0.2, -0.15) is 0 Å². The Labute approximate surface area is 99.0 Å². The van der Waals surface area contributed by atoms with Crippen molar-refractivity contribution in [2.75, 3.05) is 6.61 Å². The summed E-state index contributed by atoms with van der Waals surface area (Å²) in [5.41, 5.74) is 1.03. The fourth-order valence-electron chi connectivity index (χ4n) is 1.65. The van der Waals surface area contributed by atoms with Gasteiger partial charge in [0.25, 0.3) is 0 Å². The zero-order valence-corrected chi connectivity index (χ0v) is 10.7. The van der Waals surface area contributed by atoms with Crippen LogP contribution in [0.2, 0.25) is 0 Å². The van der Waals surface area contributed by atoms with Gasteiger partial charge in [-0.25, -0.2) is 0 Å². The maximum Gasteiger partial charge on any atom is 0.137 e. The van der Waals surface area contributed by atoms with Crippen LogP contribution in [0.5, 0.6) is 5.75 Å². The molecule has 2 heteroatoms. The van der Waals surface area contributed by atoms with Gasteiger partial charge in [0.15, 0.2) is 0 Å². The third kappa shape index (κ3) is 4.65. The van der Waals surface area contributed by atoms with E-state index >= 15 is 0 Å². The van der Waals surface area contributed by atoms with Crippen molar-refractivity contribution >= 4 is 0 Å². The SMILES string of the molecule is CCCCC(CC)COc1ccc(C)nc1. The molecule has 0 aliphatic heterocycles. The fourth-order valence-corrected chi connectivity index (χ4v) is 1.65. The van der Waals surface area contributed by atoms with Crippen LogP contribution in [0.4, 0.5) is 0 Å². The summed E-state index contributed by atoms with van der Waals surface area (Å²) in [4.78, 5) is 4.22. The summed E-state index contributed by atoms with van der Waals surface area (Å²) in [5, 5.41) is 0. The predicted octanol–water partition coefficient (Wildman–Crippen LogP) is 3.99. The van der Waals surface area contributed by atoms with E-state index in [-0.39, 0.29) is 0 Å². The number of unbranched alkanes of at least 4 members (excludes halogenated alkanes) is 1. The van der Waals surface area contributed by atoms with Gasteiger partial charge in [0, 0.05) is 5.69 Å². The van der Waals surface area contributed by atoms with E-state index in [0.29, 0.717) is 5.92 Å². The molecule has 0 radical (unpaired) electrons. The van der Waals surface area contributed by atoms with Gasteiger partial charge >= 0.3 is 0 Å². The third-order valence-corrected chi connectivity index (χ3v) is 2.91. The minimum Gasteiger partial charge on any atom is -0.492 e. The first-order chi connectivity index (χ1) is 7.76. The highest BCUT2D eigenvalue weighted by Gasteiger charge is 2.06. The Bertz CT molecular complexity index is 281. The highest BCUT2D eigenvalue weighted by molar-refractivity contribution is 5.18. The molecule has 2 nitrogen and oxygen atoms in total. The van der Waals surface area contributed by atoms with Crippen LogP contribution < -0.4 is 4.74 Å². The first-order valence-electron chi connectivity index (χ1n) is 6.31. The van der Waals surface area contributed by atoms with Crippen molar-refractivity contribution < 1.29 is 4.74 Å². The van der Waals surface area contributed by atoms with Crippen LogP contribution in [-0.4, -0.2) is 11.6 Å². The van der Waals surface area contributed by atoms with Gasteiger partial charge in [0.2, 0.25) is 0 Å². The molecule has 16 heavy (non-hydrogen) atoms. The third-order valence-electron chi connectivity index (χ3n) is 2.91. The number of hydrogen-bond donors (Lipinski definition) is 0. The second-order valence-corrected chi connectivity index (χ2v) is 4.36. The molecule has 90 valence electrons. The van der Waals surface area contributed by atoms with Gasteiger partial charge < -0.3 is 4.74 Å². The molecule has 0 fully saturated rings. The van der Waals surface area contributed by atoms with E-state index in [1.54, 1.807) is 0 Å². The quantitative estimate of drug-likeness (QED) is 0.694. The fraction of sp³-hybridized carbons (Fsp3) is 0.643. The zero-order chi connectivity index (χ0) is 11.8. The smallest absolute Gasteiger partial charge is 0.137 e. The van der Waals surface area contributed by atoms with Gasteiger partial charge in [-0.15, -0.1) is 0 Å². The van der Waals surface area contributed by atoms with Gasteiger partial charge in [-0.3, -0.25) is 4.98 Å². The Hall–Kier alpha value is -1.05. The molecule has 0 saturated carbocycles. The number of ether oxygens (including phenoxy) is 1. The van der Waals surface area contributed by atoms with Crippen molar-refractivity contribution in [3.05, 3.63) is 24.0 Å². The molecule has 1 aromatic rings. The summed E-state index contributed by atoms with van der Waals surface area (Å²) >= 11 is 0. The van der Waals surface area contributed by atoms with E-state index in [1.807, 2.05) is 25.3 Å². The topological polar surface area (TPSA) is 22.1 Å². The number of hydrogen-bond acceptors (Lipinski definition) is 2. The lowest BCUT2D eigenvalue weighted by atomic mass is 10.0. The zero-order valence-electron chi connectivity index (χ0n) is 10.7. The van der Waals surface area contributed by atoms with Crippen molar-refractivity contribution in [1.29, 1.82) is 0 Å². The Balaban J connectivity index is 2.34. The first-order valence-corrected chi connectivity index (χ1v) is 6.31. The molecular formula is C14H23NO. The lowest BCUT2D eigenvalue weighted by Gasteiger charge is -2.15. The molecular weight excluding hydrogens is 198 g/mol. The summed E-state index contributed by atoms with van der Waals surface area (Å²) in [6.07, 6.45) is 6.84. The number of pyridine rings is 1. The lowest BCUT2D eigenvalue weighted by Crippen LogP contribution is -2.11. The molecule has 0 aromatic carbocycles. The van der Waals surface area contributed by atoms with Crippen molar-refractivity contribution in [3.8, 4) is 5.75 Å². The Morgan fingerprint density at radius 2 is 2.12 bits per heavy atom. The molecule has 1 aromatic heterocycles. The molecule has 1 atom stereocenters. The number of rotatable bonds is 7. The maximum absolute atomic E-state index is 5.75. The van der Waals surface area contributed by atoms with Crippen LogP contribution >= 0.6 is 0 Å². The molecule has 0 amide bonds. The number of nitrogens with zero attached hydrogens (tertiary/aromatic N) is 1. The van der Waals surface area contributed by atoms with Crippen molar-refractivity contribution in [2.24, 2.45) is 5.92 Å². The highest BCUT2D eigenvalue weighted by atomic mass is 16.5. The second-order valence-electron chi connectivity index (χ2n) is 4.36. The van der Waals surface area contributed by atoms with Crippen LogP contribution in [0.3, 0.4) is 0 Å². The highest BCUT2D eigenvalue weighted by Crippen LogP contribution is 2.15. The molecule has 0 spiro atoms. The van der Waals surface area contributed by atoms with Crippen molar-refractivity contribution in [1.82, 2.24) is 4.98 Å². The van der Waals surface area contributed by atoms with E-state index in [1.165, 1.54) is 25.7 Å². The van der Waals surface area contributed by atoms with E-state index in [2.05, 4.69) is 18.8 Å². The average Bonchev–Trinajstić information content (AvgIpc) is 2.32. The maximum atomic E-state index is 5.75. The second kappa shape index (κ2) is 7.26. The summed E-state index contributed by atoms with van der Waals surface area (Å²) in [6.45, 7) is 7.27. The summed E-state index contributed by atoms with van der Waals surface area (Å²) in [5.74, 6) is 1.57. The van der Waals surface area contributed by atoms with Gasteiger partial charge in [0.1, 0.15) is 5.75 Å². The molecule has 0 aliphatic rings. The molecule has 1 unspecified atom stereocenters. The van der Waals surface area contributed by atoms with E-state index in [0.717, 1.165) is 18.1 Å². The first kappa shape index (κ1) is 13.0. The van der Waals surface area contributed by atoms with Crippen LogP contribution in [0.25, 0.3) is 0 Å². The summed E-state index contributed by atoms with van der Waals surface area (Å²) < 4.78 is 5.75. The van der Waals surface area contributed by atoms with Crippen LogP contribution in [0.1, 0.15) is 45.2 Å². The lowest BCUT2D eigenvalue weighted by molar-refractivity contribution is 0.232. The molecule has 1 rings (SSSR count). The van der Waals surface area contributed by atoms with E-state index in [9.17, 15) is 0 Å². The molecule has 0 saturated heterocycles. The largest absolute Gasteiger partial charge is 0.492 e. The summed E-state index contributed by atoms with van der Waals surface area (Å²) in [6, 6.07) is 3.98. The number of aryl methyl sites for hydroxylation is 1. The van der Waals surface area contributed by atoms with Gasteiger partial charge in [-0.05, 0) is 31.4 Å². The van der Waals surface area contributed by atoms with E-state index in [4.69, 9.17) is 4.74 Å². The van der Waals surface area contributed by atoms with Gasteiger partial charge in [0.05, 0.1) is 12.8 Å². The molecule has 0 aliphatic carbocycles. The van der Waals surface area contributed by atoms with E-state index < -0.39 is 0 Å². The average molecular weight is 221 g/mol.